The largest absolute Gasteiger partial charge is 0.489 e. The predicted octanol–water partition coefficient (Wildman–Crippen LogP) is 2.90. The molecule has 1 aliphatic heterocycles. The Morgan fingerprint density at radius 2 is 2.25 bits per heavy atom. The number of rotatable bonds is 3. The molecule has 0 aliphatic carbocycles. The van der Waals surface area contributed by atoms with E-state index in [1.807, 2.05) is 12.1 Å². The van der Waals surface area contributed by atoms with E-state index in [9.17, 15) is 0 Å². The molecule has 1 saturated heterocycles. The van der Waals surface area contributed by atoms with Crippen LogP contribution in [-0.2, 0) is 0 Å². The summed E-state index contributed by atoms with van der Waals surface area (Å²) in [6.45, 7) is 5.38. The van der Waals surface area contributed by atoms with Gasteiger partial charge in [0.25, 0.3) is 0 Å². The number of benzene rings is 1. The van der Waals surface area contributed by atoms with Gasteiger partial charge < -0.3 is 10.1 Å². The van der Waals surface area contributed by atoms with Gasteiger partial charge in [-0.2, -0.15) is 0 Å². The predicted molar refractivity (Wildman–Crippen MR) is 66.9 cm³/mol. The number of nitrogens with one attached hydrogen (secondary N) is 1. The van der Waals surface area contributed by atoms with Gasteiger partial charge in [0.1, 0.15) is 11.9 Å². The zero-order valence-electron chi connectivity index (χ0n) is 10.2. The molecule has 0 spiro atoms. The van der Waals surface area contributed by atoms with Gasteiger partial charge in [-0.1, -0.05) is 18.6 Å². The summed E-state index contributed by atoms with van der Waals surface area (Å²) in [5.41, 5.74) is 1.25. The summed E-state index contributed by atoms with van der Waals surface area (Å²) in [5.74, 6) is 0.986. The number of hydrogen-bond donors (Lipinski definition) is 1. The lowest BCUT2D eigenvalue weighted by Crippen LogP contribution is -2.44. The Kier molecular flexibility index (Phi) is 3.83. The van der Waals surface area contributed by atoms with Crippen molar-refractivity contribution in [3.8, 4) is 5.75 Å². The summed E-state index contributed by atoms with van der Waals surface area (Å²) in [6.07, 6.45) is 4.10. The Morgan fingerprint density at radius 1 is 1.38 bits per heavy atom. The quantitative estimate of drug-likeness (QED) is 0.844. The molecule has 1 aromatic carbocycles. The zero-order valence-corrected chi connectivity index (χ0v) is 10.2. The normalized spacial score (nSPS) is 22.8. The number of ether oxygens (including phenoxy) is 1. The van der Waals surface area contributed by atoms with E-state index in [2.05, 4.69) is 31.3 Å². The molecule has 0 bridgehead atoms. The Bertz CT molecular complexity index is 331. The minimum Gasteiger partial charge on any atom is -0.489 e. The Hall–Kier alpha value is -1.02. The summed E-state index contributed by atoms with van der Waals surface area (Å²) in [5, 5.41) is 3.53. The van der Waals surface area contributed by atoms with Crippen LogP contribution < -0.4 is 10.1 Å². The molecule has 88 valence electrons. The summed E-state index contributed by atoms with van der Waals surface area (Å²) < 4.78 is 5.97. The van der Waals surface area contributed by atoms with Gasteiger partial charge in [0.05, 0.1) is 0 Å². The molecule has 0 aromatic heterocycles. The van der Waals surface area contributed by atoms with Crippen LogP contribution in [0.25, 0.3) is 0 Å². The molecule has 16 heavy (non-hydrogen) atoms. The van der Waals surface area contributed by atoms with Crippen molar-refractivity contribution in [2.75, 3.05) is 6.54 Å². The van der Waals surface area contributed by atoms with E-state index in [1.54, 1.807) is 0 Å². The molecule has 2 unspecified atom stereocenters. The summed E-state index contributed by atoms with van der Waals surface area (Å²) in [4.78, 5) is 0. The van der Waals surface area contributed by atoms with E-state index < -0.39 is 0 Å². The minimum absolute atomic E-state index is 0.252. The highest BCUT2D eigenvalue weighted by atomic mass is 16.5. The fourth-order valence-electron chi connectivity index (χ4n) is 2.26. The maximum Gasteiger partial charge on any atom is 0.120 e. The van der Waals surface area contributed by atoms with Gasteiger partial charge >= 0.3 is 0 Å². The van der Waals surface area contributed by atoms with Crippen LogP contribution >= 0.6 is 0 Å². The van der Waals surface area contributed by atoms with Gasteiger partial charge in [-0.3, -0.25) is 0 Å². The lowest BCUT2D eigenvalue weighted by atomic mass is 10.0. The van der Waals surface area contributed by atoms with Crippen LogP contribution in [0.3, 0.4) is 0 Å². The number of hydrogen-bond acceptors (Lipinski definition) is 2. The first-order valence-corrected chi connectivity index (χ1v) is 6.22. The van der Waals surface area contributed by atoms with E-state index in [-0.39, 0.29) is 6.10 Å². The molecule has 1 aromatic rings. The molecule has 2 heteroatoms. The van der Waals surface area contributed by atoms with Crippen LogP contribution in [0.5, 0.6) is 5.75 Å². The van der Waals surface area contributed by atoms with E-state index in [0.29, 0.717) is 6.04 Å². The first-order valence-electron chi connectivity index (χ1n) is 6.22. The van der Waals surface area contributed by atoms with Crippen LogP contribution in [0.1, 0.15) is 31.7 Å². The molecule has 2 atom stereocenters. The standard InChI is InChI=1S/C14H21NO/c1-11-6-5-7-13(10-11)16-12(2)14-8-3-4-9-15-14/h5-7,10,12,14-15H,3-4,8-9H2,1-2H3. The lowest BCUT2D eigenvalue weighted by molar-refractivity contribution is 0.152. The average molecular weight is 219 g/mol. The highest BCUT2D eigenvalue weighted by molar-refractivity contribution is 5.27. The highest BCUT2D eigenvalue weighted by Crippen LogP contribution is 2.18. The molecule has 1 heterocycles. The first-order chi connectivity index (χ1) is 7.75. The third-order valence-corrected chi connectivity index (χ3v) is 3.23. The van der Waals surface area contributed by atoms with Crippen molar-refractivity contribution in [1.29, 1.82) is 0 Å². The summed E-state index contributed by atoms with van der Waals surface area (Å²) in [6, 6.07) is 8.78. The Morgan fingerprint density at radius 3 is 2.94 bits per heavy atom. The van der Waals surface area contributed by atoms with Crippen molar-refractivity contribution in [2.45, 2.75) is 45.3 Å². The van der Waals surface area contributed by atoms with Gasteiger partial charge in [-0.25, -0.2) is 0 Å². The fourth-order valence-corrected chi connectivity index (χ4v) is 2.26. The van der Waals surface area contributed by atoms with E-state index >= 15 is 0 Å². The second-order valence-electron chi connectivity index (χ2n) is 4.70. The summed E-state index contributed by atoms with van der Waals surface area (Å²) >= 11 is 0. The van der Waals surface area contributed by atoms with Gasteiger partial charge in [0.15, 0.2) is 0 Å². The van der Waals surface area contributed by atoms with Crippen LogP contribution in [0, 0.1) is 6.92 Å². The van der Waals surface area contributed by atoms with Gasteiger partial charge in [0.2, 0.25) is 0 Å². The third kappa shape index (κ3) is 2.99. The smallest absolute Gasteiger partial charge is 0.120 e. The molecule has 0 saturated carbocycles. The van der Waals surface area contributed by atoms with E-state index in [4.69, 9.17) is 4.74 Å². The van der Waals surface area contributed by atoms with Crippen LogP contribution in [0.4, 0.5) is 0 Å². The maximum atomic E-state index is 5.97. The monoisotopic (exact) mass is 219 g/mol. The second-order valence-corrected chi connectivity index (χ2v) is 4.70. The van der Waals surface area contributed by atoms with Crippen LogP contribution in [-0.4, -0.2) is 18.7 Å². The van der Waals surface area contributed by atoms with Crippen molar-refractivity contribution in [3.63, 3.8) is 0 Å². The van der Waals surface area contributed by atoms with Crippen molar-refractivity contribution in [3.05, 3.63) is 29.8 Å². The number of piperidine rings is 1. The van der Waals surface area contributed by atoms with Crippen molar-refractivity contribution >= 4 is 0 Å². The van der Waals surface area contributed by atoms with Crippen molar-refractivity contribution in [1.82, 2.24) is 5.32 Å². The Labute approximate surface area is 98.0 Å². The van der Waals surface area contributed by atoms with Crippen LogP contribution in [0.2, 0.25) is 0 Å². The first kappa shape index (κ1) is 11.5. The van der Waals surface area contributed by atoms with Gasteiger partial charge in [-0.05, 0) is 50.9 Å². The molecule has 1 fully saturated rings. The molecule has 2 rings (SSSR count). The van der Waals surface area contributed by atoms with Crippen molar-refractivity contribution < 1.29 is 4.74 Å². The molecule has 2 nitrogen and oxygen atoms in total. The van der Waals surface area contributed by atoms with Gasteiger partial charge in [0, 0.05) is 6.04 Å². The van der Waals surface area contributed by atoms with Crippen LogP contribution in [0.15, 0.2) is 24.3 Å². The van der Waals surface area contributed by atoms with Gasteiger partial charge in [-0.15, -0.1) is 0 Å². The third-order valence-electron chi connectivity index (χ3n) is 3.23. The average Bonchev–Trinajstić information content (AvgIpc) is 2.30. The molecular weight excluding hydrogens is 198 g/mol. The molecule has 1 N–H and O–H groups in total. The van der Waals surface area contributed by atoms with E-state index in [1.165, 1.54) is 24.8 Å². The zero-order chi connectivity index (χ0) is 11.4. The topological polar surface area (TPSA) is 21.3 Å². The van der Waals surface area contributed by atoms with Crippen molar-refractivity contribution in [2.24, 2.45) is 0 Å². The molecule has 0 amide bonds. The SMILES string of the molecule is Cc1cccc(OC(C)C2CCCCN2)c1. The highest BCUT2D eigenvalue weighted by Gasteiger charge is 2.20. The fraction of sp³-hybridized carbons (Fsp3) is 0.571. The second kappa shape index (κ2) is 5.35. The molecular formula is C14H21NO. The maximum absolute atomic E-state index is 5.97. The minimum atomic E-state index is 0.252. The molecule has 1 aliphatic rings. The van der Waals surface area contributed by atoms with E-state index in [0.717, 1.165) is 12.3 Å². The Balaban J connectivity index is 1.93. The number of aryl methyl sites for hydroxylation is 1. The lowest BCUT2D eigenvalue weighted by Gasteiger charge is -2.29. The summed E-state index contributed by atoms with van der Waals surface area (Å²) in [7, 11) is 0. The molecule has 0 radical (unpaired) electrons.